The molecule has 0 bridgehead atoms. The lowest BCUT2D eigenvalue weighted by Crippen LogP contribution is -2.58. The normalized spacial score (nSPS) is 20.0. The van der Waals surface area contributed by atoms with Crippen molar-refractivity contribution in [2.75, 3.05) is 44.2 Å². The first-order valence-electron chi connectivity index (χ1n) is 15.1. The fourth-order valence-corrected chi connectivity index (χ4v) is 6.83. The van der Waals surface area contributed by atoms with Crippen LogP contribution in [0, 0.1) is 5.82 Å². The van der Waals surface area contributed by atoms with E-state index in [-0.39, 0.29) is 52.5 Å². The number of likely N-dealkylation sites (tertiary alicyclic amines) is 1. The molecule has 8 nitrogen and oxygen atoms in total. The van der Waals surface area contributed by atoms with Crippen LogP contribution in [0.1, 0.15) is 27.2 Å². The van der Waals surface area contributed by atoms with Gasteiger partial charge in [0, 0.05) is 55.8 Å². The molecule has 3 heterocycles. The highest BCUT2D eigenvalue weighted by Crippen LogP contribution is 2.43. The third kappa shape index (κ3) is 6.01. The van der Waals surface area contributed by atoms with Crippen LogP contribution in [0.25, 0.3) is 32.8 Å². The third-order valence-corrected chi connectivity index (χ3v) is 8.93. The zero-order chi connectivity index (χ0) is 32.0. The minimum Gasteiger partial charge on any atom is -0.508 e. The van der Waals surface area contributed by atoms with Crippen LogP contribution >= 0.6 is 11.6 Å². The largest absolute Gasteiger partial charge is 0.508 e. The van der Waals surface area contributed by atoms with Crippen molar-refractivity contribution in [2.24, 2.45) is 0 Å². The Balaban J connectivity index is 1.42. The van der Waals surface area contributed by atoms with Crippen LogP contribution in [0.2, 0.25) is 5.02 Å². The number of phenolic OH excluding ortho intramolecular Hbond substituents is 1. The number of phenols is 1. The van der Waals surface area contributed by atoms with Crippen molar-refractivity contribution in [1.82, 2.24) is 19.8 Å². The molecule has 45 heavy (non-hydrogen) atoms. The summed E-state index contributed by atoms with van der Waals surface area (Å²) in [5.74, 6) is -0.385. The van der Waals surface area contributed by atoms with E-state index in [0.29, 0.717) is 55.9 Å². The van der Waals surface area contributed by atoms with Gasteiger partial charge in [0.15, 0.2) is 5.82 Å². The summed E-state index contributed by atoms with van der Waals surface area (Å²) < 4.78 is 36.7. The van der Waals surface area contributed by atoms with Crippen molar-refractivity contribution in [3.05, 3.63) is 66.0 Å². The minimum absolute atomic E-state index is 0.00818. The smallest absolute Gasteiger partial charge is 0.319 e. The molecule has 0 saturated carbocycles. The van der Waals surface area contributed by atoms with Crippen molar-refractivity contribution in [1.29, 1.82) is 0 Å². The minimum atomic E-state index is -1.15. The number of carbonyl (C=O) groups excluding carboxylic acids is 1. The first-order valence-corrected chi connectivity index (χ1v) is 15.5. The molecular formula is C34H36ClF2N5O3. The van der Waals surface area contributed by atoms with Crippen LogP contribution in [0.5, 0.6) is 11.8 Å². The Morgan fingerprint density at radius 1 is 1.16 bits per heavy atom. The molecule has 0 radical (unpaired) electrons. The van der Waals surface area contributed by atoms with Gasteiger partial charge >= 0.3 is 6.01 Å². The molecule has 2 fully saturated rings. The number of piperazine rings is 1. The van der Waals surface area contributed by atoms with E-state index in [1.807, 2.05) is 47.9 Å². The molecule has 0 spiro atoms. The quantitative estimate of drug-likeness (QED) is 0.178. The first kappa shape index (κ1) is 31.0. The van der Waals surface area contributed by atoms with Gasteiger partial charge in [0.2, 0.25) is 5.91 Å². The van der Waals surface area contributed by atoms with Crippen LogP contribution in [0.15, 0.2) is 55.1 Å². The Morgan fingerprint density at radius 2 is 1.91 bits per heavy atom. The van der Waals surface area contributed by atoms with Crippen LogP contribution < -0.4 is 9.64 Å². The van der Waals surface area contributed by atoms with Crippen LogP contribution in [0.3, 0.4) is 0 Å². The Hall–Kier alpha value is -4.02. The van der Waals surface area contributed by atoms with E-state index in [9.17, 15) is 14.3 Å². The van der Waals surface area contributed by atoms with E-state index in [1.165, 1.54) is 12.1 Å². The summed E-state index contributed by atoms with van der Waals surface area (Å²) >= 11 is 6.84. The lowest BCUT2D eigenvalue weighted by Gasteiger charge is -2.44. The predicted octanol–water partition coefficient (Wildman–Crippen LogP) is 6.37. The molecule has 1 N–H and O–H groups in total. The van der Waals surface area contributed by atoms with E-state index in [2.05, 4.69) is 11.6 Å². The molecule has 2 aliphatic heterocycles. The molecule has 1 amide bonds. The third-order valence-electron chi connectivity index (χ3n) is 8.63. The van der Waals surface area contributed by atoms with Crippen LogP contribution in [-0.4, -0.2) is 87.9 Å². The van der Waals surface area contributed by atoms with Crippen molar-refractivity contribution in [3.63, 3.8) is 0 Å². The number of amides is 1. The van der Waals surface area contributed by atoms with E-state index >= 15 is 4.39 Å². The maximum Gasteiger partial charge on any atom is 0.319 e. The molecule has 4 aromatic rings. The number of anilines is 1. The maximum absolute atomic E-state index is 16.8. The monoisotopic (exact) mass is 635 g/mol. The SMILES string of the molecule is C=CC(=O)N1C[C@H](C)N(c2nc(OCCCN3CC(C)(F)C3)nc3c(F)c(-c4cc(O)cc5ccccc45)c(Cl)cc23)C[C@H]1C. The average molecular weight is 636 g/mol. The van der Waals surface area contributed by atoms with Crippen LogP contribution in [0.4, 0.5) is 14.6 Å². The summed E-state index contributed by atoms with van der Waals surface area (Å²) in [4.78, 5) is 27.6. The van der Waals surface area contributed by atoms with Gasteiger partial charge < -0.3 is 19.6 Å². The van der Waals surface area contributed by atoms with Gasteiger partial charge in [-0.05, 0) is 67.8 Å². The number of nitrogens with zero attached hydrogens (tertiary/aromatic N) is 5. The molecule has 11 heteroatoms. The molecule has 0 aliphatic carbocycles. The Labute approximate surface area is 265 Å². The zero-order valence-corrected chi connectivity index (χ0v) is 26.3. The molecule has 2 saturated heterocycles. The molecule has 0 unspecified atom stereocenters. The number of hydrogen-bond acceptors (Lipinski definition) is 7. The molecule has 3 aromatic carbocycles. The number of alkyl halides is 1. The molecule has 236 valence electrons. The summed E-state index contributed by atoms with van der Waals surface area (Å²) in [5, 5.41) is 12.5. The second-order valence-corrected chi connectivity index (χ2v) is 12.8. The Kier molecular flexibility index (Phi) is 8.30. The summed E-state index contributed by atoms with van der Waals surface area (Å²) in [5.41, 5.74) is -0.572. The number of benzene rings is 3. The number of rotatable bonds is 8. The maximum atomic E-state index is 16.8. The zero-order valence-electron chi connectivity index (χ0n) is 25.6. The van der Waals surface area contributed by atoms with Gasteiger partial charge in [-0.1, -0.05) is 42.4 Å². The number of ether oxygens (including phenoxy) is 1. The number of halogens is 3. The van der Waals surface area contributed by atoms with Gasteiger partial charge in [-0.25, -0.2) is 8.78 Å². The number of aromatic nitrogens is 2. The summed E-state index contributed by atoms with van der Waals surface area (Å²) in [7, 11) is 0. The van der Waals surface area contributed by atoms with Crippen LogP contribution in [-0.2, 0) is 4.79 Å². The van der Waals surface area contributed by atoms with E-state index in [4.69, 9.17) is 21.3 Å². The van der Waals surface area contributed by atoms with E-state index in [0.717, 1.165) is 10.8 Å². The fraction of sp³-hybridized carbons (Fsp3) is 0.382. The molecule has 2 atom stereocenters. The average Bonchev–Trinajstić information content (AvgIpc) is 2.98. The van der Waals surface area contributed by atoms with Crippen molar-refractivity contribution < 1.29 is 23.4 Å². The Morgan fingerprint density at radius 3 is 2.64 bits per heavy atom. The second kappa shape index (κ2) is 12.1. The fourth-order valence-electron chi connectivity index (χ4n) is 6.53. The highest BCUT2D eigenvalue weighted by molar-refractivity contribution is 6.35. The summed E-state index contributed by atoms with van der Waals surface area (Å²) in [6.45, 7) is 11.7. The topological polar surface area (TPSA) is 82.0 Å². The predicted molar refractivity (Wildman–Crippen MR) is 173 cm³/mol. The lowest BCUT2D eigenvalue weighted by atomic mass is 9.96. The van der Waals surface area contributed by atoms with E-state index < -0.39 is 11.5 Å². The standard InChI is InChI=1S/C34H36ClF2N5O3/c1-5-28(44)41-16-21(3)42(17-20(41)2)32-26-15-27(35)29(25-14-23(43)13-22-9-6-7-10-24(22)25)30(36)31(26)38-33(39-32)45-12-8-11-40-18-34(4,37)19-40/h5-7,9-10,13-15,20-21,43H,1,8,11-12,16-19H2,2-4H3/t20-,21+/m1/s1. The number of hydrogen-bond donors (Lipinski definition) is 1. The van der Waals surface area contributed by atoms with Gasteiger partial charge in [-0.3, -0.25) is 9.69 Å². The summed E-state index contributed by atoms with van der Waals surface area (Å²) in [6.07, 6.45) is 1.92. The lowest BCUT2D eigenvalue weighted by molar-refractivity contribution is -0.128. The van der Waals surface area contributed by atoms with Gasteiger partial charge in [-0.15, -0.1) is 0 Å². The molecular weight excluding hydrogens is 600 g/mol. The van der Waals surface area contributed by atoms with Gasteiger partial charge in [0.1, 0.15) is 22.8 Å². The van der Waals surface area contributed by atoms with Crippen molar-refractivity contribution in [3.8, 4) is 22.9 Å². The molecule has 1 aromatic heterocycles. The van der Waals surface area contributed by atoms with Gasteiger partial charge in [-0.2, -0.15) is 9.97 Å². The molecule has 2 aliphatic rings. The first-order chi connectivity index (χ1) is 21.5. The number of aromatic hydroxyl groups is 1. The number of carbonyl (C=O) groups is 1. The summed E-state index contributed by atoms with van der Waals surface area (Å²) in [6, 6.07) is 11.8. The van der Waals surface area contributed by atoms with Gasteiger partial charge in [0.05, 0.1) is 11.6 Å². The second-order valence-electron chi connectivity index (χ2n) is 12.4. The Bertz CT molecular complexity index is 1790. The van der Waals surface area contributed by atoms with Crippen molar-refractivity contribution in [2.45, 2.75) is 44.9 Å². The van der Waals surface area contributed by atoms with Gasteiger partial charge in [0.25, 0.3) is 0 Å². The molecule has 6 rings (SSSR count). The van der Waals surface area contributed by atoms with Crippen molar-refractivity contribution >= 4 is 45.0 Å². The van der Waals surface area contributed by atoms with E-state index in [1.54, 1.807) is 24.0 Å². The number of fused-ring (bicyclic) bond motifs is 2. The highest BCUT2D eigenvalue weighted by Gasteiger charge is 2.38. The highest BCUT2D eigenvalue weighted by atomic mass is 35.5.